The summed E-state index contributed by atoms with van der Waals surface area (Å²) in [5.74, 6) is -1.58. The summed E-state index contributed by atoms with van der Waals surface area (Å²) in [4.78, 5) is 38.2. The monoisotopic (exact) mass is 527 g/mol. The van der Waals surface area contributed by atoms with Gasteiger partial charge in [0.15, 0.2) is 20.6 Å². The van der Waals surface area contributed by atoms with Gasteiger partial charge in [0.2, 0.25) is 0 Å². The molecule has 11 heteroatoms. The second-order valence-corrected chi connectivity index (χ2v) is 10.6. The molecule has 0 spiro atoms. The predicted octanol–water partition coefficient (Wildman–Crippen LogP) is 3.65. The average molecular weight is 528 g/mol. The van der Waals surface area contributed by atoms with Crippen LogP contribution in [0.15, 0.2) is 64.4 Å². The molecule has 0 saturated carbocycles. The predicted molar refractivity (Wildman–Crippen MR) is 135 cm³/mol. The number of carbonyl (C=O) groups excluding carboxylic acids is 1. The number of fused-ring (bicyclic) bond motifs is 1. The average Bonchev–Trinajstić information content (AvgIpc) is 3.22. The van der Waals surface area contributed by atoms with Crippen LogP contribution in [-0.4, -0.2) is 45.9 Å². The molecule has 0 aliphatic carbocycles. The lowest BCUT2D eigenvalue weighted by molar-refractivity contribution is -0.138. The van der Waals surface area contributed by atoms with Gasteiger partial charge in [-0.1, -0.05) is 48.9 Å². The highest BCUT2D eigenvalue weighted by Gasteiger charge is 2.25. The van der Waals surface area contributed by atoms with Crippen LogP contribution in [0.1, 0.15) is 29.5 Å². The maximum Gasteiger partial charge on any atom is 0.325 e. The second kappa shape index (κ2) is 9.71. The molecule has 9 nitrogen and oxygen atoms in total. The fraction of sp³-hybridized carbons (Fsp3) is 0.200. The zero-order valence-electron chi connectivity index (χ0n) is 19.4. The molecule has 0 aliphatic heterocycles. The Bertz CT molecular complexity index is 1670. The SMILES string of the molecule is CCC(=O)c1c(-c2ccccc2)c2cc(Cl)ccc2c(=O)n1Cc1cc(S(C)(=O)=O)n(CC(=O)O)n1. The van der Waals surface area contributed by atoms with Crippen LogP contribution in [-0.2, 0) is 27.7 Å². The number of carboxylic acids is 1. The molecule has 0 unspecified atom stereocenters. The van der Waals surface area contributed by atoms with Crippen LogP contribution >= 0.6 is 11.6 Å². The number of sulfone groups is 1. The van der Waals surface area contributed by atoms with Crippen LogP contribution in [0, 0.1) is 0 Å². The van der Waals surface area contributed by atoms with E-state index in [0.717, 1.165) is 10.9 Å². The third-order valence-corrected chi connectivity index (χ3v) is 6.98. The highest BCUT2D eigenvalue weighted by Crippen LogP contribution is 2.33. The van der Waals surface area contributed by atoms with Gasteiger partial charge in [-0.05, 0) is 29.1 Å². The van der Waals surface area contributed by atoms with Crippen molar-refractivity contribution in [2.45, 2.75) is 31.5 Å². The first-order valence-corrected chi connectivity index (χ1v) is 13.2. The van der Waals surface area contributed by atoms with Crippen molar-refractivity contribution in [2.24, 2.45) is 0 Å². The van der Waals surface area contributed by atoms with Gasteiger partial charge in [0.1, 0.15) is 6.54 Å². The third-order valence-electron chi connectivity index (χ3n) is 5.66. The lowest BCUT2D eigenvalue weighted by Gasteiger charge is -2.19. The van der Waals surface area contributed by atoms with E-state index in [1.54, 1.807) is 25.1 Å². The molecule has 4 rings (SSSR count). The number of carboxylic acid groups (broad SMARTS) is 1. The zero-order valence-corrected chi connectivity index (χ0v) is 21.0. The van der Waals surface area contributed by atoms with Crippen LogP contribution in [0.5, 0.6) is 0 Å². The first kappa shape index (κ1) is 25.3. The van der Waals surface area contributed by atoms with Crippen molar-refractivity contribution in [1.82, 2.24) is 14.3 Å². The summed E-state index contributed by atoms with van der Waals surface area (Å²) < 4.78 is 26.6. The quantitative estimate of drug-likeness (QED) is 0.346. The molecule has 0 atom stereocenters. The van der Waals surface area contributed by atoms with Crippen molar-refractivity contribution in [3.05, 3.63) is 81.4 Å². The highest BCUT2D eigenvalue weighted by molar-refractivity contribution is 7.90. The van der Waals surface area contributed by atoms with Gasteiger partial charge in [-0.3, -0.25) is 19.0 Å². The Morgan fingerprint density at radius 3 is 2.36 bits per heavy atom. The van der Waals surface area contributed by atoms with E-state index in [0.29, 0.717) is 26.9 Å². The number of hydrogen-bond donors (Lipinski definition) is 1. The number of hydrogen-bond acceptors (Lipinski definition) is 6. The minimum atomic E-state index is -3.81. The topological polar surface area (TPSA) is 128 Å². The van der Waals surface area contributed by atoms with Crippen molar-refractivity contribution in [2.75, 3.05) is 6.26 Å². The van der Waals surface area contributed by atoms with E-state index in [4.69, 9.17) is 11.6 Å². The summed E-state index contributed by atoms with van der Waals surface area (Å²) in [6.07, 6.45) is 1.05. The Hall–Kier alpha value is -3.76. The summed E-state index contributed by atoms with van der Waals surface area (Å²) >= 11 is 6.26. The third kappa shape index (κ3) is 4.82. The number of aliphatic carboxylic acids is 1. The maximum atomic E-state index is 13.7. The van der Waals surface area contributed by atoms with Gasteiger partial charge < -0.3 is 5.11 Å². The molecule has 2 heterocycles. The van der Waals surface area contributed by atoms with Gasteiger partial charge in [-0.15, -0.1) is 0 Å². The number of rotatable bonds is 8. The molecule has 4 aromatic rings. The molecular weight excluding hydrogens is 506 g/mol. The van der Waals surface area contributed by atoms with Gasteiger partial charge in [-0.2, -0.15) is 5.10 Å². The van der Waals surface area contributed by atoms with E-state index in [2.05, 4.69) is 5.10 Å². The lowest BCUT2D eigenvalue weighted by Crippen LogP contribution is -2.28. The molecular formula is C25H22ClN3O6S. The maximum absolute atomic E-state index is 13.7. The Labute approximate surface area is 211 Å². The number of carbonyl (C=O) groups is 2. The van der Waals surface area contributed by atoms with Crippen LogP contribution in [0.2, 0.25) is 5.02 Å². The number of Topliss-reactive ketones (excluding diaryl/α,β-unsaturated/α-hetero) is 1. The van der Waals surface area contributed by atoms with Crippen molar-refractivity contribution in [1.29, 1.82) is 0 Å². The molecule has 0 aliphatic rings. The molecule has 0 saturated heterocycles. The van der Waals surface area contributed by atoms with Crippen molar-refractivity contribution < 1.29 is 23.1 Å². The fourth-order valence-electron chi connectivity index (χ4n) is 4.15. The summed E-state index contributed by atoms with van der Waals surface area (Å²) in [6, 6.07) is 15.1. The molecule has 2 aromatic heterocycles. The van der Waals surface area contributed by atoms with Gasteiger partial charge in [-0.25, -0.2) is 13.1 Å². The molecule has 0 fully saturated rings. The van der Waals surface area contributed by atoms with Crippen LogP contribution in [0.3, 0.4) is 0 Å². The molecule has 1 N–H and O–H groups in total. The normalized spacial score (nSPS) is 11.6. The summed E-state index contributed by atoms with van der Waals surface area (Å²) in [7, 11) is -3.81. The first-order chi connectivity index (χ1) is 17.0. The van der Waals surface area contributed by atoms with Gasteiger partial charge in [0.25, 0.3) is 5.56 Å². The van der Waals surface area contributed by atoms with Crippen molar-refractivity contribution >= 4 is 44.0 Å². The van der Waals surface area contributed by atoms with E-state index < -0.39 is 27.9 Å². The largest absolute Gasteiger partial charge is 0.480 e. The highest BCUT2D eigenvalue weighted by atomic mass is 35.5. The molecule has 186 valence electrons. The molecule has 0 radical (unpaired) electrons. The number of benzene rings is 2. The van der Waals surface area contributed by atoms with E-state index in [1.165, 1.54) is 10.6 Å². The second-order valence-electron chi connectivity index (χ2n) is 8.25. The summed E-state index contributed by atoms with van der Waals surface area (Å²) in [6.45, 7) is 0.758. The number of aromatic nitrogens is 3. The standard InChI is InChI=1S/C25H22ClN3O6S/c1-3-20(30)24-23(15-7-5-4-6-8-15)19-11-16(26)9-10-18(19)25(33)28(24)13-17-12-21(36(2,34)35)29(27-17)14-22(31)32/h4-12H,3,13-14H2,1-2H3,(H,31,32). The first-order valence-electron chi connectivity index (χ1n) is 10.9. The Kier molecular flexibility index (Phi) is 6.83. The minimum Gasteiger partial charge on any atom is -0.480 e. The molecule has 0 bridgehead atoms. The van der Waals surface area contributed by atoms with E-state index in [1.807, 2.05) is 30.3 Å². The summed E-state index contributed by atoms with van der Waals surface area (Å²) in [5, 5.41) is 14.3. The van der Waals surface area contributed by atoms with E-state index >= 15 is 0 Å². The van der Waals surface area contributed by atoms with E-state index in [-0.39, 0.29) is 35.2 Å². The number of pyridine rings is 1. The van der Waals surface area contributed by atoms with Gasteiger partial charge in [0.05, 0.1) is 17.9 Å². The number of halogens is 1. The van der Waals surface area contributed by atoms with Gasteiger partial charge >= 0.3 is 5.97 Å². The Morgan fingerprint density at radius 2 is 1.75 bits per heavy atom. The van der Waals surface area contributed by atoms with Crippen LogP contribution in [0.25, 0.3) is 21.9 Å². The summed E-state index contributed by atoms with van der Waals surface area (Å²) in [5.41, 5.74) is 0.997. The van der Waals surface area contributed by atoms with Gasteiger partial charge in [0, 0.05) is 34.7 Å². The number of nitrogens with zero attached hydrogens (tertiary/aromatic N) is 3. The molecule has 36 heavy (non-hydrogen) atoms. The molecule has 2 aromatic carbocycles. The van der Waals surface area contributed by atoms with Crippen molar-refractivity contribution in [3.63, 3.8) is 0 Å². The Morgan fingerprint density at radius 1 is 1.06 bits per heavy atom. The van der Waals surface area contributed by atoms with Crippen LogP contribution < -0.4 is 5.56 Å². The van der Waals surface area contributed by atoms with Crippen molar-refractivity contribution in [3.8, 4) is 11.1 Å². The smallest absolute Gasteiger partial charge is 0.325 e. The minimum absolute atomic E-state index is 0.105. The zero-order chi connectivity index (χ0) is 26.2. The lowest BCUT2D eigenvalue weighted by atomic mass is 9.94. The number of ketones is 1. The fourth-order valence-corrected chi connectivity index (χ4v) is 5.16. The van der Waals surface area contributed by atoms with E-state index in [9.17, 15) is 27.9 Å². The van der Waals surface area contributed by atoms with Crippen LogP contribution in [0.4, 0.5) is 0 Å². The molecule has 0 amide bonds. The Balaban J connectivity index is 2.05.